The molecule has 0 aromatic heterocycles. The predicted molar refractivity (Wildman–Crippen MR) is 69.1 cm³/mol. The maximum atomic E-state index is 12.0. The number of hydrogen-bond donors (Lipinski definition) is 1. The van der Waals surface area contributed by atoms with Crippen LogP contribution >= 0.6 is 11.8 Å². The minimum absolute atomic E-state index is 0.00733. The number of benzene rings is 1. The van der Waals surface area contributed by atoms with Crippen LogP contribution in [0, 0.1) is 12.8 Å². The van der Waals surface area contributed by atoms with Gasteiger partial charge in [-0.15, -0.1) is 0 Å². The zero-order chi connectivity index (χ0) is 14.5. The van der Waals surface area contributed by atoms with E-state index < -0.39 is 17.4 Å². The van der Waals surface area contributed by atoms with Gasteiger partial charge >= 0.3 is 11.5 Å². The van der Waals surface area contributed by atoms with Crippen molar-refractivity contribution in [2.45, 2.75) is 25.3 Å². The number of aryl methyl sites for hydroxylation is 1. The molecular weight excluding hydrogens is 277 g/mol. The Kier molecular flexibility index (Phi) is 5.72. The minimum Gasteiger partial charge on any atom is -0.481 e. The molecule has 1 aromatic carbocycles. The van der Waals surface area contributed by atoms with Gasteiger partial charge in [-0.3, -0.25) is 4.79 Å². The van der Waals surface area contributed by atoms with Crippen LogP contribution in [0.4, 0.5) is 13.2 Å². The van der Waals surface area contributed by atoms with Crippen molar-refractivity contribution < 1.29 is 23.1 Å². The molecule has 19 heavy (non-hydrogen) atoms. The molecule has 6 heteroatoms. The number of rotatable bonds is 6. The second-order valence-corrected chi connectivity index (χ2v) is 5.47. The van der Waals surface area contributed by atoms with E-state index in [1.54, 1.807) is 0 Å². The molecule has 0 bridgehead atoms. The SMILES string of the molecule is Cc1ccc(CC(CCSC(F)(F)F)C(=O)O)cc1. The monoisotopic (exact) mass is 292 g/mol. The van der Waals surface area contributed by atoms with Crippen molar-refractivity contribution in [3.8, 4) is 0 Å². The summed E-state index contributed by atoms with van der Waals surface area (Å²) in [7, 11) is 0. The van der Waals surface area contributed by atoms with E-state index in [1.165, 1.54) is 0 Å². The van der Waals surface area contributed by atoms with Crippen LogP contribution in [-0.4, -0.2) is 22.3 Å². The highest BCUT2D eigenvalue weighted by atomic mass is 32.2. The van der Waals surface area contributed by atoms with E-state index in [0.717, 1.165) is 11.1 Å². The fourth-order valence-corrected chi connectivity index (χ4v) is 2.27. The van der Waals surface area contributed by atoms with Gasteiger partial charge in [0.2, 0.25) is 0 Å². The topological polar surface area (TPSA) is 37.3 Å². The van der Waals surface area contributed by atoms with Gasteiger partial charge in [-0.2, -0.15) is 13.2 Å². The van der Waals surface area contributed by atoms with Crippen LogP contribution in [-0.2, 0) is 11.2 Å². The molecule has 0 amide bonds. The lowest BCUT2D eigenvalue weighted by atomic mass is 9.96. The highest BCUT2D eigenvalue weighted by Gasteiger charge is 2.29. The number of carbonyl (C=O) groups is 1. The van der Waals surface area contributed by atoms with E-state index in [-0.39, 0.29) is 30.4 Å². The molecule has 0 saturated carbocycles. The smallest absolute Gasteiger partial charge is 0.441 e. The lowest BCUT2D eigenvalue weighted by Gasteiger charge is -2.13. The molecule has 0 saturated heterocycles. The van der Waals surface area contributed by atoms with Crippen molar-refractivity contribution in [2.75, 3.05) is 5.75 Å². The summed E-state index contributed by atoms with van der Waals surface area (Å²) in [4.78, 5) is 11.0. The summed E-state index contributed by atoms with van der Waals surface area (Å²) >= 11 is -0.171. The summed E-state index contributed by atoms with van der Waals surface area (Å²) in [6, 6.07) is 7.34. The number of halogens is 3. The van der Waals surface area contributed by atoms with Crippen LogP contribution in [0.5, 0.6) is 0 Å². The summed E-state index contributed by atoms with van der Waals surface area (Å²) in [5.74, 6) is -2.06. The molecule has 1 atom stereocenters. The largest absolute Gasteiger partial charge is 0.481 e. The first-order valence-corrected chi connectivity index (χ1v) is 6.75. The number of aliphatic carboxylic acids is 1. The summed E-state index contributed by atoms with van der Waals surface area (Å²) in [6.07, 6.45) is 0.265. The second kappa shape index (κ2) is 6.84. The van der Waals surface area contributed by atoms with E-state index >= 15 is 0 Å². The van der Waals surface area contributed by atoms with Crippen molar-refractivity contribution in [3.05, 3.63) is 35.4 Å². The van der Waals surface area contributed by atoms with Gasteiger partial charge in [0.25, 0.3) is 0 Å². The molecule has 1 N–H and O–H groups in total. The average Bonchev–Trinajstić information content (AvgIpc) is 2.28. The number of alkyl halides is 3. The van der Waals surface area contributed by atoms with Crippen LogP contribution in [0.25, 0.3) is 0 Å². The van der Waals surface area contributed by atoms with Crippen molar-refractivity contribution in [1.29, 1.82) is 0 Å². The molecule has 1 unspecified atom stereocenters. The van der Waals surface area contributed by atoms with E-state index in [1.807, 2.05) is 31.2 Å². The quantitative estimate of drug-likeness (QED) is 0.864. The van der Waals surface area contributed by atoms with Gasteiger partial charge in [0.05, 0.1) is 5.92 Å². The van der Waals surface area contributed by atoms with Gasteiger partial charge < -0.3 is 5.11 Å². The lowest BCUT2D eigenvalue weighted by Crippen LogP contribution is -2.18. The number of carboxylic acid groups (broad SMARTS) is 1. The summed E-state index contributed by atoms with van der Waals surface area (Å²) < 4.78 is 36.0. The van der Waals surface area contributed by atoms with Crippen LogP contribution in [0.3, 0.4) is 0 Å². The van der Waals surface area contributed by atoms with E-state index in [2.05, 4.69) is 0 Å². The molecule has 0 spiro atoms. The Morgan fingerprint density at radius 2 is 1.89 bits per heavy atom. The molecule has 0 aliphatic heterocycles. The van der Waals surface area contributed by atoms with Crippen LogP contribution in [0.2, 0.25) is 0 Å². The first-order chi connectivity index (χ1) is 8.78. The molecule has 0 aliphatic carbocycles. The summed E-state index contributed by atoms with van der Waals surface area (Å²) in [6.45, 7) is 1.92. The third-order valence-corrected chi connectivity index (χ3v) is 3.45. The predicted octanol–water partition coefficient (Wildman–Crippen LogP) is 3.88. The third kappa shape index (κ3) is 6.52. The fourth-order valence-electron chi connectivity index (χ4n) is 1.64. The Morgan fingerprint density at radius 1 is 1.32 bits per heavy atom. The van der Waals surface area contributed by atoms with Gasteiger partial charge in [0, 0.05) is 5.75 Å². The number of thioether (sulfide) groups is 1. The summed E-state index contributed by atoms with van der Waals surface area (Å²) in [5, 5.41) is 9.03. The first-order valence-electron chi connectivity index (χ1n) is 5.77. The maximum absolute atomic E-state index is 12.0. The molecular formula is C13H15F3O2S. The second-order valence-electron chi connectivity index (χ2n) is 4.31. The van der Waals surface area contributed by atoms with Gasteiger partial charge in [0.1, 0.15) is 0 Å². The van der Waals surface area contributed by atoms with Crippen LogP contribution in [0.15, 0.2) is 24.3 Å². The van der Waals surface area contributed by atoms with Gasteiger partial charge in [-0.05, 0) is 25.3 Å². The Bertz CT molecular complexity index is 415. The fraction of sp³-hybridized carbons (Fsp3) is 0.462. The normalized spacial score (nSPS) is 13.3. The summed E-state index contributed by atoms with van der Waals surface area (Å²) in [5.41, 5.74) is -2.41. The highest BCUT2D eigenvalue weighted by Crippen LogP contribution is 2.31. The third-order valence-electron chi connectivity index (χ3n) is 2.68. The highest BCUT2D eigenvalue weighted by molar-refractivity contribution is 8.00. The average molecular weight is 292 g/mol. The molecule has 106 valence electrons. The zero-order valence-corrected chi connectivity index (χ0v) is 11.2. The van der Waals surface area contributed by atoms with Gasteiger partial charge in [-0.25, -0.2) is 0 Å². The van der Waals surface area contributed by atoms with E-state index in [0.29, 0.717) is 0 Å². The number of carboxylic acids is 1. The van der Waals surface area contributed by atoms with Crippen molar-refractivity contribution in [2.24, 2.45) is 5.92 Å². The minimum atomic E-state index is -4.30. The standard InChI is InChI=1S/C13H15F3O2S/c1-9-2-4-10(5-3-9)8-11(12(17)18)6-7-19-13(14,15)16/h2-5,11H,6-8H2,1H3,(H,17,18). The van der Waals surface area contributed by atoms with Crippen molar-refractivity contribution >= 4 is 17.7 Å². The Balaban J connectivity index is 2.53. The molecule has 2 nitrogen and oxygen atoms in total. The zero-order valence-electron chi connectivity index (χ0n) is 10.4. The Labute approximate surface area is 114 Å². The molecule has 0 aliphatic rings. The van der Waals surface area contributed by atoms with Crippen LogP contribution in [0.1, 0.15) is 17.5 Å². The van der Waals surface area contributed by atoms with Crippen LogP contribution < -0.4 is 0 Å². The Morgan fingerprint density at radius 3 is 2.37 bits per heavy atom. The molecule has 1 rings (SSSR count). The van der Waals surface area contributed by atoms with Gasteiger partial charge in [-0.1, -0.05) is 41.6 Å². The molecule has 0 fully saturated rings. The van der Waals surface area contributed by atoms with Crippen molar-refractivity contribution in [3.63, 3.8) is 0 Å². The Hall–Kier alpha value is -1.17. The van der Waals surface area contributed by atoms with E-state index in [9.17, 15) is 18.0 Å². The lowest BCUT2D eigenvalue weighted by molar-refractivity contribution is -0.141. The maximum Gasteiger partial charge on any atom is 0.441 e. The molecule has 1 aromatic rings. The van der Waals surface area contributed by atoms with Gasteiger partial charge in [0.15, 0.2) is 0 Å². The van der Waals surface area contributed by atoms with E-state index in [4.69, 9.17) is 5.11 Å². The first kappa shape index (κ1) is 15.9. The van der Waals surface area contributed by atoms with Crippen molar-refractivity contribution in [1.82, 2.24) is 0 Å². The molecule has 0 heterocycles. The number of hydrogen-bond acceptors (Lipinski definition) is 2. The molecule has 0 radical (unpaired) electrons.